The second kappa shape index (κ2) is 7.93. The first kappa shape index (κ1) is 16.5. The molecule has 0 saturated carbocycles. The molecule has 23 heavy (non-hydrogen) atoms. The second-order valence-corrected chi connectivity index (χ2v) is 4.88. The van der Waals surface area contributed by atoms with Crippen LogP contribution in [-0.4, -0.2) is 29.4 Å². The Morgan fingerprint density at radius 1 is 1.22 bits per heavy atom. The zero-order chi connectivity index (χ0) is 16.7. The number of aromatic nitrogens is 1. The molecule has 1 heterocycles. The fourth-order valence-corrected chi connectivity index (χ4v) is 1.94. The molecule has 1 aromatic carbocycles. The van der Waals surface area contributed by atoms with Crippen LogP contribution in [0.2, 0.25) is 0 Å². The van der Waals surface area contributed by atoms with Gasteiger partial charge in [0, 0.05) is 12.7 Å². The van der Waals surface area contributed by atoms with Gasteiger partial charge in [-0.15, -0.1) is 0 Å². The van der Waals surface area contributed by atoms with Crippen molar-refractivity contribution in [2.45, 2.75) is 19.9 Å². The normalized spacial score (nSPS) is 11.4. The van der Waals surface area contributed by atoms with Crippen LogP contribution >= 0.6 is 0 Å². The van der Waals surface area contributed by atoms with Crippen LogP contribution in [0.1, 0.15) is 24.2 Å². The van der Waals surface area contributed by atoms with Crippen molar-refractivity contribution in [3.63, 3.8) is 0 Å². The van der Waals surface area contributed by atoms with Crippen molar-refractivity contribution in [2.75, 3.05) is 6.54 Å². The van der Waals surface area contributed by atoms with E-state index < -0.39 is 6.04 Å². The standard InChI is InChI=1S/C17H19N3O3/c1-3-19-16(21)12(2)20-17(22)14-8-4-5-9-15(14)23-13-7-6-10-18-11-13/h4-12H,3H2,1-2H3,(H,19,21)(H,20,22). The summed E-state index contributed by atoms with van der Waals surface area (Å²) in [7, 11) is 0. The van der Waals surface area contributed by atoms with Crippen LogP contribution in [0.4, 0.5) is 0 Å². The number of carbonyl (C=O) groups is 2. The summed E-state index contributed by atoms with van der Waals surface area (Å²) in [6.07, 6.45) is 3.20. The number of amides is 2. The Balaban J connectivity index is 2.13. The SMILES string of the molecule is CCNC(=O)C(C)NC(=O)c1ccccc1Oc1cccnc1. The number of likely N-dealkylation sites (N-methyl/N-ethyl adjacent to an activating group) is 1. The molecule has 6 heteroatoms. The lowest BCUT2D eigenvalue weighted by Gasteiger charge is -2.15. The van der Waals surface area contributed by atoms with Crippen LogP contribution in [0.3, 0.4) is 0 Å². The minimum absolute atomic E-state index is 0.230. The van der Waals surface area contributed by atoms with Gasteiger partial charge in [-0.2, -0.15) is 0 Å². The van der Waals surface area contributed by atoms with Crippen molar-refractivity contribution in [1.82, 2.24) is 15.6 Å². The molecule has 0 aliphatic rings. The number of hydrogen-bond donors (Lipinski definition) is 2. The van der Waals surface area contributed by atoms with Crippen LogP contribution in [0.15, 0.2) is 48.8 Å². The molecule has 6 nitrogen and oxygen atoms in total. The second-order valence-electron chi connectivity index (χ2n) is 4.88. The molecular formula is C17H19N3O3. The molecule has 0 aliphatic carbocycles. The van der Waals surface area contributed by atoms with Gasteiger partial charge >= 0.3 is 0 Å². The van der Waals surface area contributed by atoms with Gasteiger partial charge in [0.1, 0.15) is 17.5 Å². The Morgan fingerprint density at radius 3 is 2.70 bits per heavy atom. The Hall–Kier alpha value is -2.89. The van der Waals surface area contributed by atoms with Crippen LogP contribution in [0.5, 0.6) is 11.5 Å². The highest BCUT2D eigenvalue weighted by Gasteiger charge is 2.18. The molecule has 1 atom stereocenters. The summed E-state index contributed by atoms with van der Waals surface area (Å²) in [4.78, 5) is 28.1. The number of nitrogens with one attached hydrogen (secondary N) is 2. The minimum atomic E-state index is -0.631. The summed E-state index contributed by atoms with van der Waals surface area (Å²) in [6, 6.07) is 9.71. The summed E-state index contributed by atoms with van der Waals surface area (Å²) in [6.45, 7) is 3.97. The Bertz CT molecular complexity index is 674. The third-order valence-electron chi connectivity index (χ3n) is 3.09. The van der Waals surface area contributed by atoms with Crippen LogP contribution in [0, 0.1) is 0 Å². The van der Waals surface area contributed by atoms with Crippen LogP contribution < -0.4 is 15.4 Å². The quantitative estimate of drug-likeness (QED) is 0.856. The highest BCUT2D eigenvalue weighted by Crippen LogP contribution is 2.24. The summed E-state index contributed by atoms with van der Waals surface area (Å²) >= 11 is 0. The topological polar surface area (TPSA) is 80.3 Å². The molecule has 120 valence electrons. The van der Waals surface area contributed by atoms with E-state index in [0.29, 0.717) is 23.6 Å². The highest BCUT2D eigenvalue weighted by atomic mass is 16.5. The predicted octanol–water partition coefficient (Wildman–Crippen LogP) is 2.13. The van der Waals surface area contributed by atoms with Crippen molar-refractivity contribution >= 4 is 11.8 Å². The van der Waals surface area contributed by atoms with Gasteiger partial charge in [-0.3, -0.25) is 14.6 Å². The van der Waals surface area contributed by atoms with E-state index in [-0.39, 0.29) is 11.8 Å². The zero-order valence-electron chi connectivity index (χ0n) is 13.1. The Kier molecular flexibility index (Phi) is 5.68. The van der Waals surface area contributed by atoms with Crippen LogP contribution in [0.25, 0.3) is 0 Å². The first-order chi connectivity index (χ1) is 11.1. The fraction of sp³-hybridized carbons (Fsp3) is 0.235. The lowest BCUT2D eigenvalue weighted by atomic mass is 10.1. The molecule has 1 unspecified atom stereocenters. The molecule has 2 aromatic rings. The van der Waals surface area contributed by atoms with Crippen molar-refractivity contribution in [2.24, 2.45) is 0 Å². The largest absolute Gasteiger partial charge is 0.455 e. The summed E-state index contributed by atoms with van der Waals surface area (Å²) in [5.74, 6) is 0.334. The number of hydrogen-bond acceptors (Lipinski definition) is 4. The average molecular weight is 313 g/mol. The number of carbonyl (C=O) groups excluding carboxylic acids is 2. The maximum Gasteiger partial charge on any atom is 0.255 e. The number of nitrogens with zero attached hydrogens (tertiary/aromatic N) is 1. The molecule has 0 fully saturated rings. The van der Waals surface area contributed by atoms with Gasteiger partial charge in [0.15, 0.2) is 0 Å². The van der Waals surface area contributed by atoms with E-state index in [0.717, 1.165) is 0 Å². The molecule has 2 N–H and O–H groups in total. The first-order valence-corrected chi connectivity index (χ1v) is 7.37. The number of pyridine rings is 1. The smallest absolute Gasteiger partial charge is 0.255 e. The van der Waals surface area contributed by atoms with E-state index in [1.165, 1.54) is 0 Å². The van der Waals surface area contributed by atoms with Gasteiger partial charge in [-0.25, -0.2) is 0 Å². The van der Waals surface area contributed by atoms with Gasteiger partial charge in [0.05, 0.1) is 11.8 Å². The fourth-order valence-electron chi connectivity index (χ4n) is 1.94. The highest BCUT2D eigenvalue weighted by molar-refractivity contribution is 5.99. The molecule has 1 aromatic heterocycles. The molecule has 0 radical (unpaired) electrons. The van der Waals surface area contributed by atoms with Crippen molar-refractivity contribution in [3.05, 3.63) is 54.4 Å². The minimum Gasteiger partial charge on any atom is -0.455 e. The van der Waals surface area contributed by atoms with Gasteiger partial charge in [-0.1, -0.05) is 12.1 Å². The molecule has 0 aliphatic heterocycles. The van der Waals surface area contributed by atoms with Gasteiger partial charge in [0.25, 0.3) is 5.91 Å². The van der Waals surface area contributed by atoms with Crippen molar-refractivity contribution < 1.29 is 14.3 Å². The predicted molar refractivity (Wildman–Crippen MR) is 86.4 cm³/mol. The van der Waals surface area contributed by atoms with Gasteiger partial charge in [-0.05, 0) is 38.1 Å². The number of benzene rings is 1. The maximum atomic E-state index is 12.4. The number of ether oxygens (including phenoxy) is 1. The Morgan fingerprint density at radius 2 is 2.00 bits per heavy atom. The van der Waals surface area contributed by atoms with Gasteiger partial charge in [0.2, 0.25) is 5.91 Å². The van der Waals surface area contributed by atoms with E-state index in [2.05, 4.69) is 15.6 Å². The molecule has 0 bridgehead atoms. The van der Waals surface area contributed by atoms with E-state index in [4.69, 9.17) is 4.74 Å². The number of rotatable bonds is 6. The van der Waals surface area contributed by atoms with E-state index in [1.807, 2.05) is 6.92 Å². The zero-order valence-corrected chi connectivity index (χ0v) is 13.1. The van der Waals surface area contributed by atoms with E-state index in [1.54, 1.807) is 55.7 Å². The molecule has 0 saturated heterocycles. The first-order valence-electron chi connectivity index (χ1n) is 7.37. The van der Waals surface area contributed by atoms with E-state index >= 15 is 0 Å². The summed E-state index contributed by atoms with van der Waals surface area (Å²) in [5, 5.41) is 5.32. The third kappa shape index (κ3) is 4.54. The van der Waals surface area contributed by atoms with Gasteiger partial charge < -0.3 is 15.4 Å². The Labute approximate surface area is 134 Å². The molecule has 2 rings (SSSR count). The molecule has 2 amide bonds. The number of para-hydroxylation sites is 1. The lowest BCUT2D eigenvalue weighted by Crippen LogP contribution is -2.44. The van der Waals surface area contributed by atoms with Crippen molar-refractivity contribution in [3.8, 4) is 11.5 Å². The third-order valence-corrected chi connectivity index (χ3v) is 3.09. The molecule has 0 spiro atoms. The average Bonchev–Trinajstić information content (AvgIpc) is 2.56. The summed E-state index contributed by atoms with van der Waals surface area (Å²) < 4.78 is 5.70. The van der Waals surface area contributed by atoms with Crippen molar-refractivity contribution in [1.29, 1.82) is 0 Å². The van der Waals surface area contributed by atoms with E-state index in [9.17, 15) is 9.59 Å². The maximum absolute atomic E-state index is 12.4. The summed E-state index contributed by atoms with van der Waals surface area (Å²) in [5.41, 5.74) is 0.354. The lowest BCUT2D eigenvalue weighted by molar-refractivity contribution is -0.122. The van der Waals surface area contributed by atoms with Crippen LogP contribution in [-0.2, 0) is 4.79 Å². The monoisotopic (exact) mass is 313 g/mol. The molecular weight excluding hydrogens is 294 g/mol.